The van der Waals surface area contributed by atoms with Gasteiger partial charge in [0.2, 0.25) is 0 Å². The highest BCUT2D eigenvalue weighted by atomic mass is 16.7. The third kappa shape index (κ3) is 3.55. The highest BCUT2D eigenvalue weighted by Crippen LogP contribution is 2.75. The van der Waals surface area contributed by atoms with Crippen molar-refractivity contribution in [2.45, 2.75) is 113 Å². The lowest BCUT2D eigenvalue weighted by Gasteiger charge is -2.58. The molecule has 0 radical (unpaired) electrons. The third-order valence-corrected chi connectivity index (χ3v) is 11.1. The first-order valence-electron chi connectivity index (χ1n) is 14.3. The maximum Gasteiger partial charge on any atom is 0.338 e. The summed E-state index contributed by atoms with van der Waals surface area (Å²) in [7, 11) is 0. The smallest absolute Gasteiger partial charge is 0.338 e. The molecule has 7 rings (SSSR count). The van der Waals surface area contributed by atoms with Crippen molar-refractivity contribution in [1.82, 2.24) is 0 Å². The van der Waals surface area contributed by atoms with Crippen LogP contribution < -0.4 is 0 Å². The average Bonchev–Trinajstić information content (AvgIpc) is 3.81. The summed E-state index contributed by atoms with van der Waals surface area (Å²) >= 11 is 0. The van der Waals surface area contributed by atoms with Gasteiger partial charge >= 0.3 is 11.9 Å². The number of allylic oxidation sites excluding steroid dienone is 2. The standard InChI is InChI=1S/C29H38O11/c1-15(30)16-7-5-6-8-20(32)37-18-11-19-29(14-36-29)27(18,4)28(10-9-25(2)21(39-25)22(28)38-19)13-35-24(33)23-26(3,40-23)17(31)12-34-16/h5-8,15-19,21-23,30-31H,9-14H2,1-4H3/b7-5+,8-6-/t15-,16-,17+,18-,19-,21+,22+,23-,25-,26-,27-,28-,29+/m1/s1. The highest BCUT2D eigenvalue weighted by Gasteiger charge is 2.86. The van der Waals surface area contributed by atoms with Gasteiger partial charge in [-0.1, -0.05) is 25.2 Å². The number of carbonyl (C=O) groups is 2. The molecule has 11 heteroatoms. The number of carbonyl (C=O) groups excluding carboxylic acids is 2. The zero-order valence-electron chi connectivity index (χ0n) is 23.2. The Morgan fingerprint density at radius 1 is 1.02 bits per heavy atom. The van der Waals surface area contributed by atoms with Gasteiger partial charge in [0.15, 0.2) is 6.10 Å². The van der Waals surface area contributed by atoms with Crippen molar-refractivity contribution in [1.29, 1.82) is 0 Å². The van der Waals surface area contributed by atoms with Crippen LogP contribution in [0, 0.1) is 10.8 Å². The van der Waals surface area contributed by atoms with Gasteiger partial charge in [0.25, 0.3) is 0 Å². The molecule has 0 amide bonds. The number of esters is 2. The van der Waals surface area contributed by atoms with Crippen LogP contribution in [-0.2, 0) is 42.7 Å². The zero-order chi connectivity index (χ0) is 28.3. The Kier molecular flexibility index (Phi) is 5.80. The lowest BCUT2D eigenvalue weighted by Crippen LogP contribution is -2.69. The fourth-order valence-corrected chi connectivity index (χ4v) is 8.09. The number of epoxide rings is 3. The Labute approximate surface area is 232 Å². The van der Waals surface area contributed by atoms with E-state index in [1.807, 2.05) is 0 Å². The minimum atomic E-state index is -1.18. The number of fused-ring (bicyclic) bond motifs is 3. The van der Waals surface area contributed by atoms with Crippen molar-refractivity contribution in [3.8, 4) is 0 Å². The lowest BCUT2D eigenvalue weighted by molar-refractivity contribution is -0.251. The Morgan fingerprint density at radius 3 is 2.52 bits per heavy atom. The van der Waals surface area contributed by atoms with Gasteiger partial charge in [-0.25, -0.2) is 9.59 Å². The molecule has 5 aliphatic heterocycles. The maximum atomic E-state index is 13.4. The number of hydrogen-bond donors (Lipinski definition) is 2. The van der Waals surface area contributed by atoms with Gasteiger partial charge in [0, 0.05) is 17.9 Å². The van der Waals surface area contributed by atoms with Gasteiger partial charge in [0.1, 0.15) is 42.2 Å². The highest BCUT2D eigenvalue weighted by molar-refractivity contribution is 5.82. The van der Waals surface area contributed by atoms with E-state index in [-0.39, 0.29) is 37.1 Å². The van der Waals surface area contributed by atoms with Crippen molar-refractivity contribution in [3.05, 3.63) is 24.3 Å². The molecule has 2 spiro atoms. The average molecular weight is 563 g/mol. The number of rotatable bonds is 1. The second kappa shape index (κ2) is 8.59. The SMILES string of the molecule is C[C@@H](O)[C@H]1/C=C/C=C\C(=O)O[C@@H]2C[C@H]3O[C@H]4[C@@H]5O[C@]5(C)CC[C@]4(COC(=O)[C@H]4O[C@]4(C)[C@@H](O)CO1)[C@]2(C)[C@]31CO1. The number of aliphatic hydroxyl groups is 2. The fraction of sp³-hybridized carbons (Fsp3) is 0.793. The Balaban J connectivity index is 1.25. The van der Waals surface area contributed by atoms with Crippen molar-refractivity contribution in [2.24, 2.45) is 10.8 Å². The zero-order valence-corrected chi connectivity index (χ0v) is 23.2. The predicted octanol–water partition coefficient (Wildman–Crippen LogP) is 0.736. The third-order valence-electron chi connectivity index (χ3n) is 11.1. The van der Waals surface area contributed by atoms with E-state index >= 15 is 0 Å². The van der Waals surface area contributed by atoms with Crippen LogP contribution in [0.3, 0.4) is 0 Å². The number of aliphatic hydroxyl groups excluding tert-OH is 2. The molecule has 0 unspecified atom stereocenters. The molecule has 5 heterocycles. The molecule has 13 atom stereocenters. The van der Waals surface area contributed by atoms with Crippen LogP contribution in [0.5, 0.6) is 0 Å². The van der Waals surface area contributed by atoms with Gasteiger partial charge in [-0.15, -0.1) is 0 Å². The van der Waals surface area contributed by atoms with Crippen LogP contribution in [-0.4, -0.2) is 108 Å². The predicted molar refractivity (Wildman–Crippen MR) is 135 cm³/mol. The van der Waals surface area contributed by atoms with Crippen LogP contribution in [0.4, 0.5) is 0 Å². The molecule has 0 aromatic heterocycles. The van der Waals surface area contributed by atoms with E-state index in [1.165, 1.54) is 12.2 Å². The quantitative estimate of drug-likeness (QED) is 0.344. The minimum absolute atomic E-state index is 0.0139. The fourth-order valence-electron chi connectivity index (χ4n) is 8.09. The lowest BCUT2D eigenvalue weighted by atomic mass is 9.50. The molecule has 0 aromatic carbocycles. The van der Waals surface area contributed by atoms with Gasteiger partial charge in [-0.3, -0.25) is 0 Å². The summed E-state index contributed by atoms with van der Waals surface area (Å²) < 4.78 is 42.6. The first-order valence-corrected chi connectivity index (χ1v) is 14.3. The number of hydrogen-bond acceptors (Lipinski definition) is 11. The second-order valence-corrected chi connectivity index (χ2v) is 13.2. The normalized spacial score (nSPS) is 57.2. The summed E-state index contributed by atoms with van der Waals surface area (Å²) in [6.07, 6.45) is 2.83. The first-order chi connectivity index (χ1) is 18.9. The molecule has 220 valence electrons. The summed E-state index contributed by atoms with van der Waals surface area (Å²) in [5, 5.41) is 20.9. The molecule has 2 saturated carbocycles. The van der Waals surface area contributed by atoms with E-state index in [2.05, 4.69) is 13.8 Å². The molecule has 0 aromatic rings. The number of cyclic esters (lactones) is 1. The largest absolute Gasteiger partial charge is 0.463 e. The van der Waals surface area contributed by atoms with Crippen LogP contribution in [0.25, 0.3) is 0 Å². The minimum Gasteiger partial charge on any atom is -0.463 e. The molecule has 2 N–H and O–H groups in total. The van der Waals surface area contributed by atoms with Gasteiger partial charge in [0.05, 0.1) is 42.5 Å². The van der Waals surface area contributed by atoms with Crippen molar-refractivity contribution >= 4 is 11.9 Å². The van der Waals surface area contributed by atoms with Crippen LogP contribution in [0.1, 0.15) is 47.0 Å². The van der Waals surface area contributed by atoms with Crippen LogP contribution in [0.2, 0.25) is 0 Å². The molecule has 40 heavy (non-hydrogen) atoms. The Bertz CT molecular complexity index is 1160. The summed E-state index contributed by atoms with van der Waals surface area (Å²) in [5.41, 5.74) is -3.54. The van der Waals surface area contributed by atoms with Crippen molar-refractivity contribution in [3.63, 3.8) is 0 Å². The monoisotopic (exact) mass is 562 g/mol. The van der Waals surface area contributed by atoms with Crippen LogP contribution >= 0.6 is 0 Å². The van der Waals surface area contributed by atoms with Crippen LogP contribution in [0.15, 0.2) is 24.3 Å². The van der Waals surface area contributed by atoms with E-state index < -0.39 is 64.5 Å². The van der Waals surface area contributed by atoms with Crippen molar-refractivity contribution in [2.75, 3.05) is 19.8 Å². The van der Waals surface area contributed by atoms with E-state index in [4.69, 9.17) is 33.2 Å². The Morgan fingerprint density at radius 2 is 1.80 bits per heavy atom. The van der Waals surface area contributed by atoms with E-state index in [0.717, 1.165) is 6.42 Å². The molecule has 6 fully saturated rings. The molecular formula is C29H38O11. The second-order valence-electron chi connectivity index (χ2n) is 13.2. The molecule has 7 aliphatic rings. The van der Waals surface area contributed by atoms with Crippen molar-refractivity contribution < 1.29 is 53.0 Å². The summed E-state index contributed by atoms with van der Waals surface area (Å²) in [6.45, 7) is 7.67. The number of ether oxygens (including phenoxy) is 7. The summed E-state index contributed by atoms with van der Waals surface area (Å²) in [5.74, 6) is -1.10. The van der Waals surface area contributed by atoms with Gasteiger partial charge in [-0.2, -0.15) is 0 Å². The molecule has 2 aliphatic carbocycles. The summed E-state index contributed by atoms with van der Waals surface area (Å²) in [4.78, 5) is 26.4. The summed E-state index contributed by atoms with van der Waals surface area (Å²) in [6, 6.07) is 0. The van der Waals surface area contributed by atoms with Gasteiger partial charge < -0.3 is 43.4 Å². The molecule has 11 nitrogen and oxygen atoms in total. The van der Waals surface area contributed by atoms with E-state index in [9.17, 15) is 19.8 Å². The van der Waals surface area contributed by atoms with E-state index in [1.54, 1.807) is 26.0 Å². The van der Waals surface area contributed by atoms with E-state index in [0.29, 0.717) is 19.4 Å². The molecular weight excluding hydrogens is 524 g/mol. The van der Waals surface area contributed by atoms with Gasteiger partial charge in [-0.05, 0) is 33.6 Å². The Hall–Kier alpha value is -1.86. The molecule has 4 saturated heterocycles. The topological polar surface area (TPSA) is 149 Å². The molecule has 2 bridgehead atoms. The first kappa shape index (κ1) is 27.0. The maximum absolute atomic E-state index is 13.4.